The Morgan fingerprint density at radius 1 is 1.38 bits per heavy atom. The highest BCUT2D eigenvalue weighted by molar-refractivity contribution is 7.16. The molecule has 0 saturated heterocycles. The molecule has 0 unspecified atom stereocenters. The summed E-state index contributed by atoms with van der Waals surface area (Å²) in [5.74, 6) is -0.376. The number of primary amides is 1. The van der Waals surface area contributed by atoms with E-state index in [1.54, 1.807) is 11.3 Å². The molecule has 0 spiro atoms. The third kappa shape index (κ3) is 2.66. The van der Waals surface area contributed by atoms with Gasteiger partial charge in [0.05, 0.1) is 23.5 Å². The smallest absolute Gasteiger partial charge is 0.251 e. The number of anilines is 1. The molecule has 2 aromatic heterocycles. The van der Waals surface area contributed by atoms with Gasteiger partial charge in [-0.15, -0.1) is 22.7 Å². The second kappa shape index (κ2) is 5.50. The molecule has 7 heteroatoms. The number of carbonyl (C=O) groups is 2. The van der Waals surface area contributed by atoms with Crippen LogP contribution in [-0.4, -0.2) is 23.3 Å². The molecule has 0 aliphatic carbocycles. The summed E-state index contributed by atoms with van der Waals surface area (Å²) >= 11 is 2.95. The van der Waals surface area contributed by atoms with Gasteiger partial charge in [0, 0.05) is 16.3 Å². The lowest BCUT2D eigenvalue weighted by Crippen LogP contribution is -2.36. The topological polar surface area (TPSA) is 89.4 Å². The predicted molar refractivity (Wildman–Crippen MR) is 84.4 cm³/mol. The van der Waals surface area contributed by atoms with Crippen molar-refractivity contribution in [3.63, 3.8) is 0 Å². The van der Waals surface area contributed by atoms with Gasteiger partial charge in [0.2, 0.25) is 5.91 Å². The van der Waals surface area contributed by atoms with Crippen molar-refractivity contribution in [3.8, 4) is 0 Å². The zero-order valence-electron chi connectivity index (χ0n) is 11.3. The number of thiophene rings is 2. The van der Waals surface area contributed by atoms with Crippen LogP contribution in [0, 0.1) is 0 Å². The number of nitrogens with two attached hydrogens (primary N) is 2. The van der Waals surface area contributed by atoms with E-state index in [2.05, 4.69) is 0 Å². The highest BCUT2D eigenvalue weighted by atomic mass is 32.1. The quantitative estimate of drug-likeness (QED) is 0.900. The zero-order valence-corrected chi connectivity index (χ0v) is 12.9. The van der Waals surface area contributed by atoms with Crippen molar-refractivity contribution in [1.82, 2.24) is 4.90 Å². The molecule has 0 atom stereocenters. The molecule has 2 aromatic rings. The molecule has 4 N–H and O–H groups in total. The van der Waals surface area contributed by atoms with Crippen molar-refractivity contribution in [2.45, 2.75) is 19.4 Å². The van der Waals surface area contributed by atoms with E-state index in [0.717, 1.165) is 15.3 Å². The Balaban J connectivity index is 1.77. The molecule has 0 fully saturated rings. The lowest BCUT2D eigenvalue weighted by Gasteiger charge is -2.27. The number of nitrogens with zero attached hydrogens (tertiary/aromatic N) is 1. The first-order chi connectivity index (χ1) is 10.1. The summed E-state index contributed by atoms with van der Waals surface area (Å²) in [5.41, 5.74) is 12.6. The Kier molecular flexibility index (Phi) is 3.69. The van der Waals surface area contributed by atoms with Gasteiger partial charge in [-0.2, -0.15) is 0 Å². The SMILES string of the molecule is NC(=O)c1c(N)sc2c1CCN(C(=O)Cc1cccs1)C2. The fraction of sp³-hybridized carbons (Fsp3) is 0.286. The van der Waals surface area contributed by atoms with Crippen LogP contribution in [0.2, 0.25) is 0 Å². The van der Waals surface area contributed by atoms with Gasteiger partial charge >= 0.3 is 0 Å². The van der Waals surface area contributed by atoms with Gasteiger partial charge in [-0.05, 0) is 23.4 Å². The van der Waals surface area contributed by atoms with E-state index >= 15 is 0 Å². The van der Waals surface area contributed by atoms with Gasteiger partial charge in [-0.25, -0.2) is 0 Å². The first-order valence-corrected chi connectivity index (χ1v) is 8.26. The van der Waals surface area contributed by atoms with E-state index < -0.39 is 5.91 Å². The molecule has 3 rings (SSSR count). The third-order valence-corrected chi connectivity index (χ3v) is 5.51. The second-order valence-electron chi connectivity index (χ2n) is 4.93. The first-order valence-electron chi connectivity index (χ1n) is 6.56. The number of fused-ring (bicyclic) bond motifs is 1. The van der Waals surface area contributed by atoms with Crippen molar-refractivity contribution < 1.29 is 9.59 Å². The summed E-state index contributed by atoms with van der Waals surface area (Å²) in [6.45, 7) is 1.12. The lowest BCUT2D eigenvalue weighted by molar-refractivity contribution is -0.131. The summed E-state index contributed by atoms with van der Waals surface area (Å²) in [7, 11) is 0. The van der Waals surface area contributed by atoms with Gasteiger partial charge in [0.25, 0.3) is 5.91 Å². The Labute approximate surface area is 130 Å². The Bertz CT molecular complexity index is 691. The standard InChI is InChI=1S/C14H15N3O2S2/c15-13(19)12-9-3-4-17(7-10(9)21-14(12)16)11(18)6-8-2-1-5-20-8/h1-2,5H,3-4,6-7,16H2,(H2,15,19). The molecule has 0 bridgehead atoms. The maximum Gasteiger partial charge on any atom is 0.251 e. The molecule has 3 heterocycles. The van der Waals surface area contributed by atoms with E-state index in [1.807, 2.05) is 22.4 Å². The largest absolute Gasteiger partial charge is 0.390 e. The van der Waals surface area contributed by atoms with E-state index in [0.29, 0.717) is 36.5 Å². The molecule has 5 nitrogen and oxygen atoms in total. The summed E-state index contributed by atoms with van der Waals surface area (Å²) in [6.07, 6.45) is 1.06. The van der Waals surface area contributed by atoms with Crippen molar-refractivity contribution in [3.05, 3.63) is 38.4 Å². The van der Waals surface area contributed by atoms with Gasteiger partial charge < -0.3 is 16.4 Å². The van der Waals surface area contributed by atoms with Crippen LogP contribution in [0.1, 0.15) is 25.7 Å². The van der Waals surface area contributed by atoms with Crippen molar-refractivity contribution in [2.75, 3.05) is 12.3 Å². The van der Waals surface area contributed by atoms with Crippen molar-refractivity contribution in [1.29, 1.82) is 0 Å². The fourth-order valence-corrected chi connectivity index (χ4v) is 4.42. The van der Waals surface area contributed by atoms with Crippen LogP contribution in [0.15, 0.2) is 17.5 Å². The second-order valence-corrected chi connectivity index (χ2v) is 7.10. The van der Waals surface area contributed by atoms with Crippen LogP contribution in [-0.2, 0) is 24.2 Å². The summed E-state index contributed by atoms with van der Waals surface area (Å²) < 4.78 is 0. The highest BCUT2D eigenvalue weighted by Gasteiger charge is 2.27. The van der Waals surface area contributed by atoms with Crippen LogP contribution < -0.4 is 11.5 Å². The van der Waals surface area contributed by atoms with Gasteiger partial charge in [0.15, 0.2) is 0 Å². The highest BCUT2D eigenvalue weighted by Crippen LogP contribution is 2.35. The minimum Gasteiger partial charge on any atom is -0.390 e. The third-order valence-electron chi connectivity index (χ3n) is 3.59. The van der Waals surface area contributed by atoms with Crippen LogP contribution in [0.5, 0.6) is 0 Å². The Morgan fingerprint density at radius 3 is 2.86 bits per heavy atom. The van der Waals surface area contributed by atoms with E-state index in [4.69, 9.17) is 11.5 Å². The molecule has 2 amide bonds. The molecule has 1 aliphatic rings. The number of carbonyl (C=O) groups excluding carboxylic acids is 2. The number of nitrogen functional groups attached to an aromatic ring is 1. The minimum absolute atomic E-state index is 0.107. The maximum absolute atomic E-state index is 12.3. The summed E-state index contributed by atoms with van der Waals surface area (Å²) in [4.78, 5) is 27.6. The molecule has 1 aliphatic heterocycles. The van der Waals surface area contributed by atoms with E-state index in [1.165, 1.54) is 11.3 Å². The normalized spacial score (nSPS) is 14.0. The van der Waals surface area contributed by atoms with E-state index in [-0.39, 0.29) is 5.91 Å². The number of hydrogen-bond acceptors (Lipinski definition) is 5. The summed E-state index contributed by atoms with van der Waals surface area (Å²) in [5, 5.41) is 2.43. The average Bonchev–Trinajstić information content (AvgIpc) is 3.03. The van der Waals surface area contributed by atoms with E-state index in [9.17, 15) is 9.59 Å². The summed E-state index contributed by atoms with van der Waals surface area (Å²) in [6, 6.07) is 3.91. The van der Waals surface area contributed by atoms with Gasteiger partial charge in [-0.1, -0.05) is 6.07 Å². The number of rotatable bonds is 3. The predicted octanol–water partition coefficient (Wildman–Crippen LogP) is 1.62. The molecule has 0 radical (unpaired) electrons. The lowest BCUT2D eigenvalue weighted by atomic mass is 10.0. The van der Waals surface area contributed by atoms with Crippen LogP contribution in [0.25, 0.3) is 0 Å². The maximum atomic E-state index is 12.3. The molecular weight excluding hydrogens is 306 g/mol. The molecule has 0 aromatic carbocycles. The van der Waals surface area contributed by atoms with Gasteiger partial charge in [-0.3, -0.25) is 9.59 Å². The number of hydrogen-bond donors (Lipinski definition) is 2. The fourth-order valence-electron chi connectivity index (χ4n) is 2.58. The van der Waals surface area contributed by atoms with Crippen molar-refractivity contribution >= 4 is 39.5 Å². The van der Waals surface area contributed by atoms with Gasteiger partial charge in [0.1, 0.15) is 0 Å². The first kappa shape index (κ1) is 14.1. The monoisotopic (exact) mass is 321 g/mol. The van der Waals surface area contributed by atoms with Crippen molar-refractivity contribution in [2.24, 2.45) is 5.73 Å². The minimum atomic E-state index is -0.483. The molecule has 0 saturated carbocycles. The van der Waals surface area contributed by atoms with Crippen LogP contribution >= 0.6 is 22.7 Å². The number of amides is 2. The molecule has 110 valence electrons. The molecule has 21 heavy (non-hydrogen) atoms. The van der Waals surface area contributed by atoms with Crippen LogP contribution in [0.3, 0.4) is 0 Å². The zero-order chi connectivity index (χ0) is 15.0. The Morgan fingerprint density at radius 2 is 2.19 bits per heavy atom. The van der Waals surface area contributed by atoms with Crippen LogP contribution in [0.4, 0.5) is 5.00 Å². The molecular formula is C14H15N3O2S2. The average molecular weight is 321 g/mol. The Hall–Kier alpha value is -1.86.